The van der Waals surface area contributed by atoms with Gasteiger partial charge in [0.25, 0.3) is 0 Å². The van der Waals surface area contributed by atoms with E-state index in [0.717, 1.165) is 17.9 Å². The maximum absolute atomic E-state index is 5.72. The molecule has 5 heteroatoms. The minimum atomic E-state index is 0.456. The second-order valence-electron chi connectivity index (χ2n) is 2.40. The summed E-state index contributed by atoms with van der Waals surface area (Å²) in [7, 11) is 0. The lowest BCUT2D eigenvalue weighted by molar-refractivity contribution is 0.823. The van der Waals surface area contributed by atoms with Crippen molar-refractivity contribution in [3.05, 3.63) is 23.1 Å². The standard InChI is InChI=1S/C7H7ClN4/c1-2-6-9-10-7-4-3-5(8)11-12(6)7/h3-4H,2H2,1H3. The van der Waals surface area contributed by atoms with Crippen LogP contribution in [0.15, 0.2) is 12.1 Å². The van der Waals surface area contributed by atoms with E-state index in [2.05, 4.69) is 15.3 Å². The van der Waals surface area contributed by atoms with Crippen molar-refractivity contribution >= 4 is 17.2 Å². The molecule has 2 aromatic heterocycles. The number of nitrogens with zero attached hydrogens (tertiary/aromatic N) is 4. The number of hydrogen-bond donors (Lipinski definition) is 0. The molecule has 0 amide bonds. The summed E-state index contributed by atoms with van der Waals surface area (Å²) in [5, 5.41) is 12.4. The highest BCUT2D eigenvalue weighted by atomic mass is 35.5. The Bertz CT molecular complexity index is 409. The van der Waals surface area contributed by atoms with Gasteiger partial charge in [-0.1, -0.05) is 18.5 Å². The summed E-state index contributed by atoms with van der Waals surface area (Å²) in [6.45, 7) is 2.00. The first-order valence-electron chi connectivity index (χ1n) is 3.68. The highest BCUT2D eigenvalue weighted by Crippen LogP contribution is 2.07. The van der Waals surface area contributed by atoms with Gasteiger partial charge in [-0.15, -0.1) is 10.2 Å². The van der Waals surface area contributed by atoms with Crippen LogP contribution >= 0.6 is 11.6 Å². The summed E-state index contributed by atoms with van der Waals surface area (Å²) in [6, 6.07) is 3.49. The predicted molar refractivity (Wildman–Crippen MR) is 45.2 cm³/mol. The van der Waals surface area contributed by atoms with E-state index in [9.17, 15) is 0 Å². The van der Waals surface area contributed by atoms with E-state index in [1.807, 2.05) is 6.92 Å². The van der Waals surface area contributed by atoms with Gasteiger partial charge < -0.3 is 0 Å². The van der Waals surface area contributed by atoms with E-state index in [1.165, 1.54) is 0 Å². The van der Waals surface area contributed by atoms with Crippen LogP contribution in [-0.2, 0) is 6.42 Å². The van der Waals surface area contributed by atoms with Crippen molar-refractivity contribution in [1.82, 2.24) is 19.8 Å². The molecule has 2 aromatic rings. The molecule has 0 radical (unpaired) electrons. The Morgan fingerprint density at radius 1 is 1.42 bits per heavy atom. The average Bonchev–Trinajstić information content (AvgIpc) is 2.46. The van der Waals surface area contributed by atoms with Crippen molar-refractivity contribution in [3.63, 3.8) is 0 Å². The van der Waals surface area contributed by atoms with Gasteiger partial charge in [-0.25, -0.2) is 0 Å². The monoisotopic (exact) mass is 182 g/mol. The van der Waals surface area contributed by atoms with E-state index in [-0.39, 0.29) is 0 Å². The number of aromatic nitrogens is 4. The first kappa shape index (κ1) is 7.49. The van der Waals surface area contributed by atoms with Crippen molar-refractivity contribution < 1.29 is 0 Å². The van der Waals surface area contributed by atoms with Crippen molar-refractivity contribution in [1.29, 1.82) is 0 Å². The summed E-state index contributed by atoms with van der Waals surface area (Å²) in [5.41, 5.74) is 0.733. The maximum atomic E-state index is 5.72. The third-order valence-electron chi connectivity index (χ3n) is 1.61. The molecule has 0 aliphatic heterocycles. The highest BCUT2D eigenvalue weighted by Gasteiger charge is 2.03. The lowest BCUT2D eigenvalue weighted by atomic mass is 10.5. The number of fused-ring (bicyclic) bond motifs is 1. The molecule has 2 rings (SSSR count). The fourth-order valence-corrected chi connectivity index (χ4v) is 1.17. The minimum Gasteiger partial charge on any atom is -0.196 e. The van der Waals surface area contributed by atoms with Crippen LogP contribution in [0.25, 0.3) is 5.65 Å². The Hall–Kier alpha value is -1.16. The molecule has 0 fully saturated rings. The quantitative estimate of drug-likeness (QED) is 0.669. The SMILES string of the molecule is CCc1nnc2ccc(Cl)nn12. The molecule has 4 nitrogen and oxygen atoms in total. The molecule has 0 N–H and O–H groups in total. The summed E-state index contributed by atoms with van der Waals surface area (Å²) in [4.78, 5) is 0. The van der Waals surface area contributed by atoms with Gasteiger partial charge in [-0.3, -0.25) is 0 Å². The maximum Gasteiger partial charge on any atom is 0.178 e. The topological polar surface area (TPSA) is 43.1 Å². The van der Waals surface area contributed by atoms with E-state index in [4.69, 9.17) is 11.6 Å². The fraction of sp³-hybridized carbons (Fsp3) is 0.286. The summed E-state index contributed by atoms with van der Waals surface area (Å²) in [5.74, 6) is 0.826. The molecule has 0 aliphatic rings. The third kappa shape index (κ3) is 1.04. The minimum absolute atomic E-state index is 0.456. The van der Waals surface area contributed by atoms with E-state index < -0.39 is 0 Å². The molecule has 0 unspecified atom stereocenters. The second kappa shape index (κ2) is 2.71. The molecule has 0 aliphatic carbocycles. The molecule has 0 atom stereocenters. The van der Waals surface area contributed by atoms with Crippen LogP contribution in [0.2, 0.25) is 5.15 Å². The Labute approximate surface area is 74.2 Å². The summed E-state index contributed by atoms with van der Waals surface area (Å²) < 4.78 is 1.66. The molecule has 0 bridgehead atoms. The van der Waals surface area contributed by atoms with Crippen LogP contribution in [0.1, 0.15) is 12.7 Å². The predicted octanol–water partition coefficient (Wildman–Crippen LogP) is 1.34. The lowest BCUT2D eigenvalue weighted by Gasteiger charge is -1.94. The van der Waals surface area contributed by atoms with Gasteiger partial charge in [0.2, 0.25) is 0 Å². The van der Waals surface area contributed by atoms with Gasteiger partial charge in [0.05, 0.1) is 0 Å². The number of hydrogen-bond acceptors (Lipinski definition) is 3. The van der Waals surface area contributed by atoms with Gasteiger partial charge in [0.1, 0.15) is 5.15 Å². The van der Waals surface area contributed by atoms with E-state index in [1.54, 1.807) is 16.6 Å². The van der Waals surface area contributed by atoms with Crippen molar-refractivity contribution in [2.75, 3.05) is 0 Å². The molecule has 12 heavy (non-hydrogen) atoms. The molecule has 0 spiro atoms. The fourth-order valence-electron chi connectivity index (χ4n) is 1.03. The molecule has 2 heterocycles. The number of rotatable bonds is 1. The Balaban J connectivity index is 2.75. The molecule has 62 valence electrons. The molecule has 0 saturated heterocycles. The molecule has 0 aromatic carbocycles. The van der Waals surface area contributed by atoms with E-state index >= 15 is 0 Å². The van der Waals surface area contributed by atoms with Gasteiger partial charge >= 0.3 is 0 Å². The van der Waals surface area contributed by atoms with Crippen LogP contribution in [0.5, 0.6) is 0 Å². The van der Waals surface area contributed by atoms with E-state index in [0.29, 0.717) is 5.15 Å². The van der Waals surface area contributed by atoms with Crippen LogP contribution in [-0.4, -0.2) is 19.8 Å². The zero-order chi connectivity index (χ0) is 8.55. The summed E-state index contributed by atoms with van der Waals surface area (Å²) >= 11 is 5.72. The summed E-state index contributed by atoms with van der Waals surface area (Å²) in [6.07, 6.45) is 0.800. The van der Waals surface area contributed by atoms with Crippen molar-refractivity contribution in [3.8, 4) is 0 Å². The first-order valence-corrected chi connectivity index (χ1v) is 4.06. The number of aryl methyl sites for hydroxylation is 1. The van der Waals surface area contributed by atoms with Crippen molar-refractivity contribution in [2.24, 2.45) is 0 Å². The normalized spacial score (nSPS) is 10.8. The zero-order valence-corrected chi connectivity index (χ0v) is 7.28. The van der Waals surface area contributed by atoms with Gasteiger partial charge in [0, 0.05) is 6.42 Å². The molecule has 0 saturated carbocycles. The van der Waals surface area contributed by atoms with Gasteiger partial charge in [-0.2, -0.15) is 9.61 Å². The van der Waals surface area contributed by atoms with Crippen LogP contribution in [0.4, 0.5) is 0 Å². The largest absolute Gasteiger partial charge is 0.196 e. The lowest BCUT2D eigenvalue weighted by Crippen LogP contribution is -1.96. The second-order valence-corrected chi connectivity index (χ2v) is 2.78. The van der Waals surface area contributed by atoms with Gasteiger partial charge in [-0.05, 0) is 12.1 Å². The van der Waals surface area contributed by atoms with Crippen LogP contribution < -0.4 is 0 Å². The van der Waals surface area contributed by atoms with Crippen molar-refractivity contribution in [2.45, 2.75) is 13.3 Å². The Kier molecular flexibility index (Phi) is 1.69. The third-order valence-corrected chi connectivity index (χ3v) is 1.81. The first-order chi connectivity index (χ1) is 5.81. The molecular formula is C7H7ClN4. The smallest absolute Gasteiger partial charge is 0.178 e. The average molecular weight is 183 g/mol. The van der Waals surface area contributed by atoms with Crippen LogP contribution in [0.3, 0.4) is 0 Å². The zero-order valence-electron chi connectivity index (χ0n) is 6.53. The Morgan fingerprint density at radius 3 is 3.00 bits per heavy atom. The van der Waals surface area contributed by atoms with Gasteiger partial charge in [0.15, 0.2) is 11.5 Å². The molecular weight excluding hydrogens is 176 g/mol. The number of halogens is 1. The highest BCUT2D eigenvalue weighted by molar-refractivity contribution is 6.29. The Morgan fingerprint density at radius 2 is 2.25 bits per heavy atom. The van der Waals surface area contributed by atoms with Crippen LogP contribution in [0, 0.1) is 0 Å².